The maximum Gasteiger partial charge on any atom is 0.0297 e. The molecule has 0 unspecified atom stereocenters. The van der Waals surface area contributed by atoms with Crippen molar-refractivity contribution in [2.24, 2.45) is 0 Å². The minimum absolute atomic E-state index is 0.707. The van der Waals surface area contributed by atoms with Gasteiger partial charge in [-0.2, -0.15) is 0 Å². The Morgan fingerprint density at radius 2 is 2.44 bits per heavy atom. The minimum atomic E-state index is 0.707. The standard InChI is InChI=1S/C9H10/c1-4-6-8-9(3)7-5-2/h2,6,8H,1,7H2,3H3. The van der Waals surface area contributed by atoms with Gasteiger partial charge in [0, 0.05) is 6.42 Å². The van der Waals surface area contributed by atoms with Crippen LogP contribution in [0, 0.1) is 12.3 Å². The van der Waals surface area contributed by atoms with Gasteiger partial charge in [-0.1, -0.05) is 18.2 Å². The van der Waals surface area contributed by atoms with Gasteiger partial charge in [0.2, 0.25) is 0 Å². The van der Waals surface area contributed by atoms with Crippen LogP contribution in [0.25, 0.3) is 0 Å². The molecule has 0 bridgehead atoms. The number of hydrogen-bond donors (Lipinski definition) is 0. The zero-order valence-corrected chi connectivity index (χ0v) is 5.65. The Labute approximate surface area is 56.6 Å². The first-order valence-corrected chi connectivity index (χ1v) is 2.76. The van der Waals surface area contributed by atoms with Gasteiger partial charge in [0.1, 0.15) is 0 Å². The molecular formula is C9H10. The van der Waals surface area contributed by atoms with E-state index in [2.05, 4.69) is 18.2 Å². The van der Waals surface area contributed by atoms with E-state index >= 15 is 0 Å². The zero-order valence-electron chi connectivity index (χ0n) is 5.65. The first-order chi connectivity index (χ1) is 4.31. The lowest BCUT2D eigenvalue weighted by Gasteiger charge is -1.86. The third-order valence-corrected chi connectivity index (χ3v) is 0.867. The van der Waals surface area contributed by atoms with Crippen molar-refractivity contribution in [3.63, 3.8) is 0 Å². The van der Waals surface area contributed by atoms with Gasteiger partial charge in [0.25, 0.3) is 0 Å². The van der Waals surface area contributed by atoms with Crippen molar-refractivity contribution in [2.45, 2.75) is 13.3 Å². The molecule has 0 saturated heterocycles. The predicted molar refractivity (Wildman–Crippen MR) is 40.9 cm³/mol. The van der Waals surface area contributed by atoms with Crippen LogP contribution in [0.4, 0.5) is 0 Å². The molecule has 0 nitrogen and oxygen atoms in total. The lowest BCUT2D eigenvalue weighted by Crippen LogP contribution is -1.68. The first kappa shape index (κ1) is 7.82. The van der Waals surface area contributed by atoms with Gasteiger partial charge in [-0.05, 0) is 13.0 Å². The second-order valence-corrected chi connectivity index (χ2v) is 1.76. The van der Waals surface area contributed by atoms with Crippen LogP contribution in [0.1, 0.15) is 13.3 Å². The smallest absolute Gasteiger partial charge is 0.0297 e. The summed E-state index contributed by atoms with van der Waals surface area (Å²) in [6, 6.07) is 0. The van der Waals surface area contributed by atoms with E-state index < -0.39 is 0 Å². The van der Waals surface area contributed by atoms with E-state index in [1.54, 1.807) is 6.08 Å². The van der Waals surface area contributed by atoms with E-state index in [1.807, 2.05) is 13.0 Å². The van der Waals surface area contributed by atoms with Crippen molar-refractivity contribution in [1.82, 2.24) is 0 Å². The van der Waals surface area contributed by atoms with Gasteiger partial charge in [-0.3, -0.25) is 0 Å². The third kappa shape index (κ3) is 4.68. The van der Waals surface area contributed by atoms with Gasteiger partial charge in [-0.15, -0.1) is 18.1 Å². The van der Waals surface area contributed by atoms with Crippen LogP contribution < -0.4 is 0 Å². The van der Waals surface area contributed by atoms with Crippen LogP contribution in [-0.4, -0.2) is 0 Å². The molecule has 0 aromatic heterocycles. The lowest BCUT2D eigenvalue weighted by molar-refractivity contribution is 1.25. The van der Waals surface area contributed by atoms with Crippen LogP contribution in [0.15, 0.2) is 30.0 Å². The topological polar surface area (TPSA) is 0 Å². The van der Waals surface area contributed by atoms with Crippen molar-refractivity contribution in [3.05, 3.63) is 30.0 Å². The molecule has 0 heteroatoms. The van der Waals surface area contributed by atoms with Gasteiger partial charge in [0.05, 0.1) is 0 Å². The number of terminal acetylenes is 1. The molecule has 0 amide bonds. The second kappa shape index (κ2) is 4.97. The molecule has 0 saturated carbocycles. The Kier molecular flexibility index (Phi) is 4.32. The number of allylic oxidation sites excluding steroid dienone is 3. The van der Waals surface area contributed by atoms with E-state index in [0.29, 0.717) is 6.42 Å². The van der Waals surface area contributed by atoms with Gasteiger partial charge in [-0.25, -0.2) is 0 Å². The van der Waals surface area contributed by atoms with Crippen molar-refractivity contribution in [3.8, 4) is 12.3 Å². The van der Waals surface area contributed by atoms with Crippen LogP contribution in [0.3, 0.4) is 0 Å². The fourth-order valence-corrected chi connectivity index (χ4v) is 0.421. The molecule has 0 aliphatic rings. The van der Waals surface area contributed by atoms with Gasteiger partial charge >= 0.3 is 0 Å². The van der Waals surface area contributed by atoms with E-state index in [-0.39, 0.29) is 0 Å². The summed E-state index contributed by atoms with van der Waals surface area (Å²) in [4.78, 5) is 0. The Balaban J connectivity index is 3.87. The summed E-state index contributed by atoms with van der Waals surface area (Å²) >= 11 is 0. The highest BCUT2D eigenvalue weighted by Crippen LogP contribution is 1.96. The van der Waals surface area contributed by atoms with Crippen LogP contribution >= 0.6 is 0 Å². The molecule has 0 atom stereocenters. The fraction of sp³-hybridized carbons (Fsp3) is 0.222. The Morgan fingerprint density at radius 3 is 2.89 bits per heavy atom. The highest BCUT2D eigenvalue weighted by molar-refractivity contribution is 5.14. The minimum Gasteiger partial charge on any atom is -0.129 e. The molecule has 0 fully saturated rings. The zero-order chi connectivity index (χ0) is 7.11. The SMILES string of the molecule is C#CCC(C)=CC=C=C. The van der Waals surface area contributed by atoms with Crippen LogP contribution in [-0.2, 0) is 0 Å². The van der Waals surface area contributed by atoms with E-state index in [4.69, 9.17) is 6.42 Å². The molecule has 0 aromatic carbocycles. The highest BCUT2D eigenvalue weighted by Gasteiger charge is 1.78. The summed E-state index contributed by atoms with van der Waals surface area (Å²) in [5.74, 6) is 2.54. The molecular weight excluding hydrogens is 108 g/mol. The molecule has 0 spiro atoms. The van der Waals surface area contributed by atoms with Gasteiger partial charge in [0.15, 0.2) is 0 Å². The third-order valence-electron chi connectivity index (χ3n) is 0.867. The molecule has 46 valence electrons. The summed E-state index contributed by atoms with van der Waals surface area (Å²) in [5.41, 5.74) is 3.80. The molecule has 0 aliphatic carbocycles. The Morgan fingerprint density at radius 1 is 1.78 bits per heavy atom. The largest absolute Gasteiger partial charge is 0.129 e. The van der Waals surface area contributed by atoms with E-state index in [9.17, 15) is 0 Å². The molecule has 0 heterocycles. The fourth-order valence-electron chi connectivity index (χ4n) is 0.421. The monoisotopic (exact) mass is 118 g/mol. The number of hydrogen-bond acceptors (Lipinski definition) is 0. The molecule has 0 aromatic rings. The number of rotatable bonds is 2. The molecule has 0 aliphatic heterocycles. The molecule has 0 radical (unpaired) electrons. The van der Waals surface area contributed by atoms with Crippen LogP contribution in [0.2, 0.25) is 0 Å². The first-order valence-electron chi connectivity index (χ1n) is 2.76. The quantitative estimate of drug-likeness (QED) is 0.296. The van der Waals surface area contributed by atoms with Crippen molar-refractivity contribution >= 4 is 0 Å². The Bertz CT molecular complexity index is 183. The van der Waals surface area contributed by atoms with Crippen molar-refractivity contribution < 1.29 is 0 Å². The predicted octanol–water partition coefficient (Wildman–Crippen LogP) is 2.30. The molecule has 0 rings (SSSR count). The maximum absolute atomic E-state index is 5.06. The van der Waals surface area contributed by atoms with Gasteiger partial charge < -0.3 is 0 Å². The summed E-state index contributed by atoms with van der Waals surface area (Å²) in [6.45, 7) is 5.40. The Hall–Kier alpha value is -1.18. The summed E-state index contributed by atoms with van der Waals surface area (Å²) < 4.78 is 0. The summed E-state index contributed by atoms with van der Waals surface area (Å²) in [7, 11) is 0. The molecule has 9 heavy (non-hydrogen) atoms. The average molecular weight is 118 g/mol. The van der Waals surface area contributed by atoms with E-state index in [0.717, 1.165) is 5.57 Å². The van der Waals surface area contributed by atoms with Crippen molar-refractivity contribution in [1.29, 1.82) is 0 Å². The summed E-state index contributed by atoms with van der Waals surface area (Å²) in [5, 5.41) is 0. The normalized spacial score (nSPS) is 9.56. The average Bonchev–Trinajstić information content (AvgIpc) is 1.85. The van der Waals surface area contributed by atoms with Crippen LogP contribution in [0.5, 0.6) is 0 Å². The lowest BCUT2D eigenvalue weighted by atomic mass is 10.2. The highest BCUT2D eigenvalue weighted by atomic mass is 13.8. The second-order valence-electron chi connectivity index (χ2n) is 1.76. The summed E-state index contributed by atoms with van der Waals surface area (Å²) in [6.07, 6.45) is 9.43. The molecule has 0 N–H and O–H groups in total. The maximum atomic E-state index is 5.06. The van der Waals surface area contributed by atoms with E-state index in [1.165, 1.54) is 0 Å². The van der Waals surface area contributed by atoms with Crippen molar-refractivity contribution in [2.75, 3.05) is 0 Å².